The Morgan fingerprint density at radius 1 is 1.46 bits per heavy atom. The number of aromatic nitrogens is 1. The molecule has 0 unspecified atom stereocenters. The summed E-state index contributed by atoms with van der Waals surface area (Å²) in [7, 11) is 0. The molecule has 3 N–H and O–H groups in total. The summed E-state index contributed by atoms with van der Waals surface area (Å²) in [5, 5.41) is 3.33. The molecular weight excluding hydrogens is 162 g/mol. The van der Waals surface area contributed by atoms with E-state index in [2.05, 4.69) is 10.3 Å². The van der Waals surface area contributed by atoms with E-state index in [1.54, 1.807) is 0 Å². The van der Waals surface area contributed by atoms with E-state index in [0.29, 0.717) is 6.54 Å². The lowest BCUT2D eigenvalue weighted by molar-refractivity contribution is 0.899. The molecule has 0 aliphatic heterocycles. The van der Waals surface area contributed by atoms with Gasteiger partial charge in [-0.2, -0.15) is 0 Å². The maximum atomic E-state index is 5.44. The number of nitrogens with two attached hydrogens (primary N) is 1. The first-order chi connectivity index (χ1) is 6.42. The van der Waals surface area contributed by atoms with Crippen molar-refractivity contribution in [3.63, 3.8) is 0 Å². The minimum absolute atomic E-state index is 0.678. The number of hydrogen-bond acceptors (Lipinski definition) is 3. The van der Waals surface area contributed by atoms with Crippen LogP contribution in [0.1, 0.15) is 17.7 Å². The molecule has 0 spiro atoms. The SMILES string of the molecule is NCCNc1ccnc2c1CCC2. The van der Waals surface area contributed by atoms with Crippen LogP contribution in [0.3, 0.4) is 0 Å². The molecular formula is C10H15N3. The van der Waals surface area contributed by atoms with Gasteiger partial charge in [-0.15, -0.1) is 0 Å². The molecule has 0 aromatic carbocycles. The lowest BCUT2D eigenvalue weighted by atomic mass is 10.2. The number of nitrogens with one attached hydrogen (secondary N) is 1. The molecule has 3 heteroatoms. The Balaban J connectivity index is 2.20. The van der Waals surface area contributed by atoms with E-state index in [0.717, 1.165) is 19.4 Å². The molecule has 70 valence electrons. The first-order valence-electron chi connectivity index (χ1n) is 4.82. The van der Waals surface area contributed by atoms with Gasteiger partial charge in [-0.3, -0.25) is 4.98 Å². The van der Waals surface area contributed by atoms with Gasteiger partial charge < -0.3 is 11.1 Å². The van der Waals surface area contributed by atoms with Crippen molar-refractivity contribution in [2.75, 3.05) is 18.4 Å². The van der Waals surface area contributed by atoms with Crippen molar-refractivity contribution in [2.45, 2.75) is 19.3 Å². The Kier molecular flexibility index (Phi) is 2.45. The largest absolute Gasteiger partial charge is 0.383 e. The van der Waals surface area contributed by atoms with Gasteiger partial charge in [0.05, 0.1) is 0 Å². The zero-order chi connectivity index (χ0) is 9.10. The summed E-state index contributed by atoms with van der Waals surface area (Å²) in [4.78, 5) is 4.36. The van der Waals surface area contributed by atoms with E-state index in [-0.39, 0.29) is 0 Å². The highest BCUT2D eigenvalue weighted by molar-refractivity contribution is 5.53. The van der Waals surface area contributed by atoms with Crippen LogP contribution in [0.4, 0.5) is 5.69 Å². The minimum Gasteiger partial charge on any atom is -0.383 e. The van der Waals surface area contributed by atoms with Crippen molar-refractivity contribution in [3.8, 4) is 0 Å². The van der Waals surface area contributed by atoms with Crippen LogP contribution in [0.2, 0.25) is 0 Å². The van der Waals surface area contributed by atoms with Crippen LogP contribution in [0, 0.1) is 0 Å². The molecule has 0 atom stereocenters. The van der Waals surface area contributed by atoms with Gasteiger partial charge in [-0.25, -0.2) is 0 Å². The summed E-state index contributed by atoms with van der Waals surface area (Å²) in [5.41, 5.74) is 9.34. The summed E-state index contributed by atoms with van der Waals surface area (Å²) in [6, 6.07) is 2.04. The first kappa shape index (κ1) is 8.51. The predicted molar refractivity (Wildman–Crippen MR) is 53.8 cm³/mol. The third kappa shape index (κ3) is 1.65. The lowest BCUT2D eigenvalue weighted by Crippen LogP contribution is -2.14. The van der Waals surface area contributed by atoms with E-state index in [9.17, 15) is 0 Å². The molecule has 3 nitrogen and oxygen atoms in total. The van der Waals surface area contributed by atoms with Crippen LogP contribution >= 0.6 is 0 Å². The molecule has 0 fully saturated rings. The van der Waals surface area contributed by atoms with Gasteiger partial charge in [-0.1, -0.05) is 0 Å². The Hall–Kier alpha value is -1.09. The Bertz CT molecular complexity index is 296. The Morgan fingerprint density at radius 3 is 3.23 bits per heavy atom. The van der Waals surface area contributed by atoms with E-state index >= 15 is 0 Å². The van der Waals surface area contributed by atoms with Gasteiger partial charge in [0.2, 0.25) is 0 Å². The van der Waals surface area contributed by atoms with E-state index in [1.165, 1.54) is 23.4 Å². The van der Waals surface area contributed by atoms with Crippen LogP contribution in [-0.4, -0.2) is 18.1 Å². The standard InChI is InChI=1S/C10H15N3/c11-5-7-13-10-4-6-12-9-3-1-2-8(9)10/h4,6H,1-3,5,7,11H2,(H,12,13). The number of aryl methyl sites for hydroxylation is 1. The molecule has 0 saturated heterocycles. The predicted octanol–water partition coefficient (Wildman–Crippen LogP) is 0.941. The zero-order valence-corrected chi connectivity index (χ0v) is 7.71. The van der Waals surface area contributed by atoms with E-state index in [4.69, 9.17) is 5.73 Å². The summed E-state index contributed by atoms with van der Waals surface area (Å²) in [5.74, 6) is 0. The Morgan fingerprint density at radius 2 is 2.38 bits per heavy atom. The van der Waals surface area contributed by atoms with Crippen molar-refractivity contribution in [2.24, 2.45) is 5.73 Å². The van der Waals surface area contributed by atoms with Crippen molar-refractivity contribution < 1.29 is 0 Å². The molecule has 1 aromatic heterocycles. The number of anilines is 1. The fourth-order valence-electron chi connectivity index (χ4n) is 1.84. The van der Waals surface area contributed by atoms with Crippen molar-refractivity contribution >= 4 is 5.69 Å². The number of nitrogens with zero attached hydrogens (tertiary/aromatic N) is 1. The van der Waals surface area contributed by atoms with Crippen molar-refractivity contribution in [3.05, 3.63) is 23.5 Å². The molecule has 1 aromatic rings. The summed E-state index contributed by atoms with van der Waals surface area (Å²) in [6.45, 7) is 1.52. The average molecular weight is 177 g/mol. The lowest BCUT2D eigenvalue weighted by Gasteiger charge is -2.09. The molecule has 0 radical (unpaired) electrons. The molecule has 1 aliphatic rings. The van der Waals surface area contributed by atoms with Crippen molar-refractivity contribution in [1.82, 2.24) is 4.98 Å². The first-order valence-corrected chi connectivity index (χ1v) is 4.82. The third-order valence-corrected chi connectivity index (χ3v) is 2.45. The average Bonchev–Trinajstić information content (AvgIpc) is 2.62. The highest BCUT2D eigenvalue weighted by atomic mass is 14.9. The van der Waals surface area contributed by atoms with Crippen LogP contribution in [-0.2, 0) is 12.8 Å². The second kappa shape index (κ2) is 3.75. The monoisotopic (exact) mass is 177 g/mol. The second-order valence-electron chi connectivity index (χ2n) is 3.35. The van der Waals surface area contributed by atoms with Gasteiger partial charge in [0.15, 0.2) is 0 Å². The summed E-state index contributed by atoms with van der Waals surface area (Å²) in [6.07, 6.45) is 5.41. The van der Waals surface area contributed by atoms with Gasteiger partial charge in [-0.05, 0) is 30.9 Å². The van der Waals surface area contributed by atoms with Gasteiger partial charge in [0.25, 0.3) is 0 Å². The molecule has 1 aliphatic carbocycles. The number of pyridine rings is 1. The van der Waals surface area contributed by atoms with E-state index in [1.807, 2.05) is 12.3 Å². The second-order valence-corrected chi connectivity index (χ2v) is 3.35. The van der Waals surface area contributed by atoms with Crippen LogP contribution in [0.5, 0.6) is 0 Å². The topological polar surface area (TPSA) is 50.9 Å². The number of hydrogen-bond donors (Lipinski definition) is 2. The smallest absolute Gasteiger partial charge is 0.0456 e. The highest BCUT2D eigenvalue weighted by Crippen LogP contribution is 2.26. The number of fused-ring (bicyclic) bond motifs is 1. The fourth-order valence-corrected chi connectivity index (χ4v) is 1.84. The minimum atomic E-state index is 0.678. The van der Waals surface area contributed by atoms with E-state index < -0.39 is 0 Å². The zero-order valence-electron chi connectivity index (χ0n) is 7.71. The maximum absolute atomic E-state index is 5.44. The molecule has 1 heterocycles. The molecule has 2 rings (SSSR count). The fraction of sp³-hybridized carbons (Fsp3) is 0.500. The molecule has 13 heavy (non-hydrogen) atoms. The Labute approximate surface area is 78.4 Å². The third-order valence-electron chi connectivity index (χ3n) is 2.45. The van der Waals surface area contributed by atoms with Gasteiger partial charge >= 0.3 is 0 Å². The van der Waals surface area contributed by atoms with Gasteiger partial charge in [0, 0.05) is 30.7 Å². The normalized spacial score (nSPS) is 14.2. The summed E-state index contributed by atoms with van der Waals surface area (Å²) >= 11 is 0. The van der Waals surface area contributed by atoms with Crippen molar-refractivity contribution in [1.29, 1.82) is 0 Å². The highest BCUT2D eigenvalue weighted by Gasteiger charge is 2.14. The quantitative estimate of drug-likeness (QED) is 0.722. The molecule has 0 amide bonds. The van der Waals surface area contributed by atoms with Crippen LogP contribution in [0.25, 0.3) is 0 Å². The maximum Gasteiger partial charge on any atom is 0.0456 e. The molecule has 0 bridgehead atoms. The molecule has 0 saturated carbocycles. The van der Waals surface area contributed by atoms with Crippen LogP contribution < -0.4 is 11.1 Å². The van der Waals surface area contributed by atoms with Gasteiger partial charge in [0.1, 0.15) is 0 Å². The van der Waals surface area contributed by atoms with Crippen LogP contribution in [0.15, 0.2) is 12.3 Å². The summed E-state index contributed by atoms with van der Waals surface area (Å²) < 4.78 is 0. The number of rotatable bonds is 3.